The van der Waals surface area contributed by atoms with E-state index in [2.05, 4.69) is 4.98 Å². The van der Waals surface area contributed by atoms with Gasteiger partial charge in [-0.2, -0.15) is 4.98 Å². The lowest BCUT2D eigenvalue weighted by Gasteiger charge is -2.12. The van der Waals surface area contributed by atoms with Crippen LogP contribution in [0.5, 0.6) is 0 Å². The van der Waals surface area contributed by atoms with Crippen LogP contribution in [0.25, 0.3) is 0 Å². The number of nitrogens with zero attached hydrogens (tertiary/aromatic N) is 2. The largest absolute Gasteiger partial charge is 0.393 e. The highest BCUT2D eigenvalue weighted by Gasteiger charge is 2.25. The van der Waals surface area contributed by atoms with E-state index in [4.69, 9.17) is 15.6 Å². The molecule has 0 unspecified atom stereocenters. The first-order valence-corrected chi connectivity index (χ1v) is 5.95. The molecule has 2 heterocycles. The zero-order chi connectivity index (χ0) is 11.5. The topological polar surface area (TPSA) is 90.4 Å². The molecule has 1 aliphatic rings. The molecule has 7 heteroatoms. The van der Waals surface area contributed by atoms with Crippen molar-refractivity contribution in [3.05, 3.63) is 22.7 Å². The van der Waals surface area contributed by atoms with Gasteiger partial charge in [0.15, 0.2) is 0 Å². The summed E-state index contributed by atoms with van der Waals surface area (Å²) in [6.07, 6.45) is 1.54. The Balaban J connectivity index is 2.02. The molecule has 1 aromatic heterocycles. The second kappa shape index (κ2) is 4.86. The average molecular weight is 243 g/mol. The molecule has 0 aromatic carbocycles. The van der Waals surface area contributed by atoms with Gasteiger partial charge in [-0.3, -0.25) is 4.57 Å². The molecule has 1 aromatic rings. The summed E-state index contributed by atoms with van der Waals surface area (Å²) in [4.78, 5) is 15.1. The first-order valence-electron chi connectivity index (χ1n) is 4.90. The van der Waals surface area contributed by atoms with Gasteiger partial charge >= 0.3 is 5.69 Å². The van der Waals surface area contributed by atoms with Crippen molar-refractivity contribution in [1.29, 1.82) is 0 Å². The summed E-state index contributed by atoms with van der Waals surface area (Å²) in [5, 5.41) is 8.90. The van der Waals surface area contributed by atoms with E-state index >= 15 is 0 Å². The van der Waals surface area contributed by atoms with Crippen LogP contribution in [0.2, 0.25) is 0 Å². The second-order valence-electron chi connectivity index (χ2n) is 3.49. The minimum absolute atomic E-state index is 0.00392. The van der Waals surface area contributed by atoms with Gasteiger partial charge < -0.3 is 15.6 Å². The van der Waals surface area contributed by atoms with Gasteiger partial charge in [-0.1, -0.05) is 0 Å². The molecular weight excluding hydrogens is 230 g/mol. The number of hydrogen-bond donors (Lipinski definition) is 2. The van der Waals surface area contributed by atoms with E-state index in [1.54, 1.807) is 24.0 Å². The van der Waals surface area contributed by atoms with E-state index in [0.29, 0.717) is 6.54 Å². The minimum Gasteiger partial charge on any atom is -0.393 e. The molecule has 1 aliphatic heterocycles. The Labute approximate surface area is 96.4 Å². The van der Waals surface area contributed by atoms with Crippen LogP contribution >= 0.6 is 11.8 Å². The number of aliphatic hydroxyl groups excluding tert-OH is 1. The Hall–Kier alpha value is -1.05. The normalized spacial score (nSPS) is 24.8. The third-order valence-electron chi connectivity index (χ3n) is 2.26. The molecule has 0 amide bonds. The van der Waals surface area contributed by atoms with Gasteiger partial charge in [0, 0.05) is 11.9 Å². The molecule has 1 saturated heterocycles. The van der Waals surface area contributed by atoms with Gasteiger partial charge in [-0.15, -0.1) is 11.8 Å². The molecule has 0 spiro atoms. The lowest BCUT2D eigenvalue weighted by Crippen LogP contribution is -2.30. The molecule has 2 rings (SSSR count). The number of nitrogens with two attached hydrogens (primary N) is 1. The maximum Gasteiger partial charge on any atom is 0.349 e. The smallest absolute Gasteiger partial charge is 0.349 e. The molecule has 0 saturated carbocycles. The van der Waals surface area contributed by atoms with E-state index in [9.17, 15) is 4.79 Å². The van der Waals surface area contributed by atoms with Gasteiger partial charge in [0.05, 0.1) is 19.3 Å². The van der Waals surface area contributed by atoms with Crippen molar-refractivity contribution in [3.8, 4) is 0 Å². The Morgan fingerprint density at radius 3 is 3.19 bits per heavy atom. The fourth-order valence-electron chi connectivity index (χ4n) is 1.50. The summed E-state index contributed by atoms with van der Waals surface area (Å²) in [6.45, 7) is 0.436. The van der Waals surface area contributed by atoms with Crippen LogP contribution in [-0.2, 0) is 11.3 Å². The van der Waals surface area contributed by atoms with E-state index in [1.807, 2.05) is 0 Å². The zero-order valence-electron chi connectivity index (χ0n) is 8.57. The van der Waals surface area contributed by atoms with Crippen LogP contribution in [0.4, 0.5) is 5.82 Å². The predicted octanol–water partition coefficient (Wildman–Crippen LogP) is -0.724. The third kappa shape index (κ3) is 2.55. The molecule has 0 aliphatic carbocycles. The first kappa shape index (κ1) is 11.4. The monoisotopic (exact) mass is 243 g/mol. The molecular formula is C9H13N3O3S. The summed E-state index contributed by atoms with van der Waals surface area (Å²) >= 11 is 1.55. The van der Waals surface area contributed by atoms with Gasteiger partial charge in [0.25, 0.3) is 0 Å². The number of nitrogen functional groups attached to an aromatic ring is 1. The Bertz CT molecular complexity index is 423. The van der Waals surface area contributed by atoms with Crippen molar-refractivity contribution in [1.82, 2.24) is 9.55 Å². The van der Waals surface area contributed by atoms with E-state index in [0.717, 1.165) is 5.75 Å². The zero-order valence-corrected chi connectivity index (χ0v) is 9.39. The summed E-state index contributed by atoms with van der Waals surface area (Å²) in [5.74, 6) is 0.985. The lowest BCUT2D eigenvalue weighted by molar-refractivity contribution is 0.0261. The number of thioether (sulfide) groups is 1. The fraction of sp³-hybridized carbons (Fsp3) is 0.556. The highest BCUT2D eigenvalue weighted by molar-refractivity contribution is 8.00. The minimum atomic E-state index is -0.374. The molecule has 0 bridgehead atoms. The maximum absolute atomic E-state index is 11.4. The summed E-state index contributed by atoms with van der Waals surface area (Å²) in [5.41, 5.74) is 4.83. The van der Waals surface area contributed by atoms with Crippen LogP contribution in [0.15, 0.2) is 17.1 Å². The Morgan fingerprint density at radius 2 is 2.56 bits per heavy atom. The van der Waals surface area contributed by atoms with Gasteiger partial charge in [0.1, 0.15) is 11.3 Å². The second-order valence-corrected chi connectivity index (χ2v) is 4.68. The molecule has 1 fully saturated rings. The quantitative estimate of drug-likeness (QED) is 0.728. The van der Waals surface area contributed by atoms with Crippen molar-refractivity contribution in [2.75, 3.05) is 18.1 Å². The third-order valence-corrected chi connectivity index (χ3v) is 3.45. The fourth-order valence-corrected chi connectivity index (χ4v) is 2.45. The summed E-state index contributed by atoms with van der Waals surface area (Å²) in [6, 6.07) is 1.58. The van der Waals surface area contributed by atoms with Crippen molar-refractivity contribution < 1.29 is 9.84 Å². The standard InChI is InChI=1S/C9H13N3O3S/c10-7-1-2-12(9(14)11-7)3-6-5-16-8(4-13)15-6/h1-2,6,8,13H,3-5H2,(H2,10,11,14)/t6-,8-/m1/s1. The van der Waals surface area contributed by atoms with Crippen LogP contribution < -0.4 is 11.4 Å². The number of rotatable bonds is 3. The molecule has 2 atom stereocenters. The molecule has 3 N–H and O–H groups in total. The number of hydrogen-bond acceptors (Lipinski definition) is 6. The van der Waals surface area contributed by atoms with Gasteiger partial charge in [-0.05, 0) is 6.07 Å². The van der Waals surface area contributed by atoms with Crippen LogP contribution in [0.3, 0.4) is 0 Å². The van der Waals surface area contributed by atoms with Crippen molar-refractivity contribution in [2.24, 2.45) is 0 Å². The molecule has 0 radical (unpaired) electrons. The lowest BCUT2D eigenvalue weighted by atomic mass is 10.4. The van der Waals surface area contributed by atoms with Crippen LogP contribution in [0, 0.1) is 0 Å². The van der Waals surface area contributed by atoms with Crippen molar-refractivity contribution in [3.63, 3.8) is 0 Å². The Kier molecular flexibility index (Phi) is 3.47. The molecule has 88 valence electrons. The van der Waals surface area contributed by atoms with Gasteiger partial charge in [0.2, 0.25) is 0 Å². The first-order chi connectivity index (χ1) is 7.69. The SMILES string of the molecule is Nc1ccn(C[C@@H]2CS[C@H](CO)O2)c(=O)n1. The van der Waals surface area contributed by atoms with E-state index in [1.165, 1.54) is 4.57 Å². The molecule has 16 heavy (non-hydrogen) atoms. The predicted molar refractivity (Wildman–Crippen MR) is 61.1 cm³/mol. The van der Waals surface area contributed by atoms with Crippen molar-refractivity contribution >= 4 is 17.6 Å². The van der Waals surface area contributed by atoms with E-state index in [-0.39, 0.29) is 29.7 Å². The molecule has 6 nitrogen and oxygen atoms in total. The summed E-state index contributed by atoms with van der Waals surface area (Å²) < 4.78 is 6.95. The number of aliphatic hydroxyl groups is 1. The van der Waals surface area contributed by atoms with Crippen molar-refractivity contribution in [2.45, 2.75) is 18.1 Å². The highest BCUT2D eigenvalue weighted by Crippen LogP contribution is 2.25. The van der Waals surface area contributed by atoms with E-state index < -0.39 is 0 Å². The number of ether oxygens (including phenoxy) is 1. The van der Waals surface area contributed by atoms with Gasteiger partial charge in [-0.25, -0.2) is 4.79 Å². The Morgan fingerprint density at radius 1 is 1.75 bits per heavy atom. The summed E-state index contributed by atoms with van der Waals surface area (Å²) in [7, 11) is 0. The highest BCUT2D eigenvalue weighted by atomic mass is 32.2. The van der Waals surface area contributed by atoms with Crippen LogP contribution in [0.1, 0.15) is 0 Å². The maximum atomic E-state index is 11.4. The number of aromatic nitrogens is 2. The number of anilines is 1. The van der Waals surface area contributed by atoms with Crippen LogP contribution in [-0.4, -0.2) is 38.6 Å². The average Bonchev–Trinajstić information content (AvgIpc) is 2.70.